The van der Waals surface area contributed by atoms with E-state index in [4.69, 9.17) is 11.0 Å². The van der Waals surface area contributed by atoms with E-state index < -0.39 is 0 Å². The summed E-state index contributed by atoms with van der Waals surface area (Å²) in [6, 6.07) is 2.28. The third-order valence-electron chi connectivity index (χ3n) is 2.13. The maximum atomic E-state index is 8.68. The van der Waals surface area contributed by atoms with Crippen LogP contribution in [-0.4, -0.2) is 12.6 Å². The van der Waals surface area contributed by atoms with E-state index in [2.05, 4.69) is 24.5 Å². The molecule has 64 valence electrons. The van der Waals surface area contributed by atoms with Gasteiger partial charge in [0.1, 0.15) is 0 Å². The van der Waals surface area contributed by atoms with Crippen molar-refractivity contribution in [3.05, 3.63) is 24.4 Å². The van der Waals surface area contributed by atoms with Crippen molar-refractivity contribution in [3.63, 3.8) is 0 Å². The van der Waals surface area contributed by atoms with E-state index in [0.717, 1.165) is 12.0 Å². The highest BCUT2D eigenvalue weighted by Gasteiger charge is 2.23. The minimum atomic E-state index is -0.0689. The maximum absolute atomic E-state index is 8.68. The van der Waals surface area contributed by atoms with E-state index in [-0.39, 0.29) is 12.0 Å². The molecule has 12 heavy (non-hydrogen) atoms. The van der Waals surface area contributed by atoms with Crippen molar-refractivity contribution in [3.8, 4) is 6.07 Å². The number of nitrogens with one attached hydrogen (secondary N) is 1. The fourth-order valence-corrected chi connectivity index (χ4v) is 1.28. The first-order valence-corrected chi connectivity index (χ1v) is 3.90. The van der Waals surface area contributed by atoms with Crippen molar-refractivity contribution >= 4 is 0 Å². The topological polar surface area (TPSA) is 61.8 Å². The van der Waals surface area contributed by atoms with Gasteiger partial charge in [-0.25, -0.2) is 0 Å². The summed E-state index contributed by atoms with van der Waals surface area (Å²) in [7, 11) is 0. The van der Waals surface area contributed by atoms with E-state index in [1.54, 1.807) is 0 Å². The van der Waals surface area contributed by atoms with Gasteiger partial charge in [-0.1, -0.05) is 18.7 Å². The van der Waals surface area contributed by atoms with Crippen molar-refractivity contribution < 1.29 is 0 Å². The zero-order valence-electron chi connectivity index (χ0n) is 7.01. The molecule has 3 N–H and O–H groups in total. The molecule has 3 nitrogen and oxygen atoms in total. The van der Waals surface area contributed by atoms with E-state index in [9.17, 15) is 0 Å². The standard InChI is InChI=1S/C9H13N3/c1-6-3-9(7(2)11)12-5-8(6)4-10/h8-9,12H,1-3,5,11H2. The van der Waals surface area contributed by atoms with Crippen molar-refractivity contribution in [2.75, 3.05) is 6.54 Å². The predicted octanol–water partition coefficient (Wildman–Crippen LogP) is 0.517. The van der Waals surface area contributed by atoms with Gasteiger partial charge in [-0.05, 0) is 6.42 Å². The lowest BCUT2D eigenvalue weighted by Crippen LogP contribution is -2.42. The van der Waals surface area contributed by atoms with Crippen LogP contribution in [0.3, 0.4) is 0 Å². The summed E-state index contributed by atoms with van der Waals surface area (Å²) < 4.78 is 0. The van der Waals surface area contributed by atoms with Crippen molar-refractivity contribution in [2.24, 2.45) is 11.7 Å². The molecule has 1 aliphatic heterocycles. The molecule has 1 rings (SSSR count). The minimum absolute atomic E-state index is 0.0689. The molecule has 0 radical (unpaired) electrons. The summed E-state index contributed by atoms with van der Waals surface area (Å²) in [6.07, 6.45) is 0.730. The first kappa shape index (κ1) is 8.82. The Labute approximate surface area is 72.6 Å². The lowest BCUT2D eigenvalue weighted by atomic mass is 9.90. The Hall–Kier alpha value is -1.27. The molecule has 0 bridgehead atoms. The summed E-state index contributed by atoms with van der Waals surface area (Å²) in [5, 5.41) is 11.8. The van der Waals surface area contributed by atoms with Crippen LogP contribution < -0.4 is 11.1 Å². The fraction of sp³-hybridized carbons (Fsp3) is 0.444. The van der Waals surface area contributed by atoms with Crippen LogP contribution in [0.15, 0.2) is 24.4 Å². The van der Waals surface area contributed by atoms with Gasteiger partial charge in [-0.15, -0.1) is 0 Å². The molecule has 0 aromatic rings. The Bertz CT molecular complexity index is 249. The van der Waals surface area contributed by atoms with Crippen LogP contribution in [0.25, 0.3) is 0 Å². The van der Waals surface area contributed by atoms with Gasteiger partial charge in [0.05, 0.1) is 12.0 Å². The molecule has 0 amide bonds. The summed E-state index contributed by atoms with van der Waals surface area (Å²) in [4.78, 5) is 0. The third kappa shape index (κ3) is 1.66. The number of rotatable bonds is 1. The highest BCUT2D eigenvalue weighted by molar-refractivity contribution is 5.20. The lowest BCUT2D eigenvalue weighted by Gasteiger charge is -2.28. The number of piperidine rings is 1. The fourth-order valence-electron chi connectivity index (χ4n) is 1.28. The molecule has 0 spiro atoms. The molecule has 3 heteroatoms. The van der Waals surface area contributed by atoms with E-state index in [0.29, 0.717) is 12.2 Å². The first-order valence-electron chi connectivity index (χ1n) is 3.90. The average Bonchev–Trinajstić information content (AvgIpc) is 2.04. The van der Waals surface area contributed by atoms with Gasteiger partial charge in [0.15, 0.2) is 0 Å². The molecule has 1 fully saturated rings. The van der Waals surface area contributed by atoms with Crippen LogP contribution in [0.2, 0.25) is 0 Å². The normalized spacial score (nSPS) is 29.4. The maximum Gasteiger partial charge on any atom is 0.0795 e. The van der Waals surface area contributed by atoms with Crippen LogP contribution in [-0.2, 0) is 0 Å². The summed E-state index contributed by atoms with van der Waals surface area (Å²) in [6.45, 7) is 8.13. The second-order valence-corrected chi connectivity index (χ2v) is 3.08. The highest BCUT2D eigenvalue weighted by Crippen LogP contribution is 2.20. The number of hydrogen-bond acceptors (Lipinski definition) is 3. The number of hydrogen-bond donors (Lipinski definition) is 2. The molecular formula is C9H13N3. The Balaban J connectivity index is 2.59. The molecule has 1 aliphatic rings. The third-order valence-corrected chi connectivity index (χ3v) is 2.13. The Morgan fingerprint density at radius 3 is 2.83 bits per heavy atom. The summed E-state index contributed by atoms with van der Waals surface area (Å²) >= 11 is 0. The zero-order valence-corrected chi connectivity index (χ0v) is 7.01. The van der Waals surface area contributed by atoms with Crippen LogP contribution in [0.5, 0.6) is 0 Å². The van der Waals surface area contributed by atoms with Gasteiger partial charge >= 0.3 is 0 Å². The predicted molar refractivity (Wildman–Crippen MR) is 48.0 cm³/mol. The quantitative estimate of drug-likeness (QED) is 0.554. The number of nitrogens with two attached hydrogens (primary N) is 1. The van der Waals surface area contributed by atoms with Crippen LogP contribution in [0.1, 0.15) is 6.42 Å². The Morgan fingerprint density at radius 1 is 1.75 bits per heavy atom. The van der Waals surface area contributed by atoms with Crippen LogP contribution in [0, 0.1) is 17.2 Å². The lowest BCUT2D eigenvalue weighted by molar-refractivity contribution is 0.465. The minimum Gasteiger partial charge on any atom is -0.401 e. The summed E-state index contributed by atoms with van der Waals surface area (Å²) in [5.74, 6) is -0.0689. The smallest absolute Gasteiger partial charge is 0.0795 e. The van der Waals surface area contributed by atoms with E-state index in [1.165, 1.54) is 0 Å². The van der Waals surface area contributed by atoms with Gasteiger partial charge in [-0.2, -0.15) is 5.26 Å². The first-order chi connectivity index (χ1) is 5.65. The molecule has 0 aromatic carbocycles. The largest absolute Gasteiger partial charge is 0.401 e. The van der Waals surface area contributed by atoms with Crippen LogP contribution in [0.4, 0.5) is 0 Å². The van der Waals surface area contributed by atoms with Gasteiger partial charge in [0.25, 0.3) is 0 Å². The van der Waals surface area contributed by atoms with Gasteiger partial charge in [-0.3, -0.25) is 0 Å². The second kappa shape index (κ2) is 3.42. The number of nitrogens with zero attached hydrogens (tertiary/aromatic N) is 1. The van der Waals surface area contributed by atoms with Gasteiger partial charge in [0.2, 0.25) is 0 Å². The average molecular weight is 163 g/mol. The van der Waals surface area contributed by atoms with Gasteiger partial charge in [0, 0.05) is 18.3 Å². The molecule has 2 unspecified atom stereocenters. The zero-order chi connectivity index (χ0) is 9.14. The molecular weight excluding hydrogens is 150 g/mol. The monoisotopic (exact) mass is 163 g/mol. The molecule has 0 saturated carbocycles. The highest BCUT2D eigenvalue weighted by atomic mass is 15.0. The second-order valence-electron chi connectivity index (χ2n) is 3.08. The molecule has 0 aliphatic carbocycles. The van der Waals surface area contributed by atoms with Crippen molar-refractivity contribution in [2.45, 2.75) is 12.5 Å². The van der Waals surface area contributed by atoms with E-state index in [1.807, 2.05) is 0 Å². The van der Waals surface area contributed by atoms with Gasteiger partial charge < -0.3 is 11.1 Å². The number of nitriles is 1. The van der Waals surface area contributed by atoms with Crippen molar-refractivity contribution in [1.29, 1.82) is 5.26 Å². The van der Waals surface area contributed by atoms with Crippen molar-refractivity contribution in [1.82, 2.24) is 5.32 Å². The Morgan fingerprint density at radius 2 is 2.42 bits per heavy atom. The molecule has 2 atom stereocenters. The van der Waals surface area contributed by atoms with Crippen LogP contribution >= 0.6 is 0 Å². The Kier molecular flexibility index (Phi) is 2.51. The molecule has 1 saturated heterocycles. The SMILES string of the molecule is C=C1CC(C(=C)N)NCC1C#N. The van der Waals surface area contributed by atoms with E-state index >= 15 is 0 Å². The molecule has 1 heterocycles. The molecule has 0 aromatic heterocycles. The summed E-state index contributed by atoms with van der Waals surface area (Å²) in [5.41, 5.74) is 7.11.